The Morgan fingerprint density at radius 1 is 0.857 bits per heavy atom. The molecule has 0 bridgehead atoms. The summed E-state index contributed by atoms with van der Waals surface area (Å²) in [4.78, 5) is 17.4. The number of hydrogen-bond donors (Lipinski definition) is 1. The number of fused-ring (bicyclic) bond motifs is 1. The summed E-state index contributed by atoms with van der Waals surface area (Å²) in [5.74, 6) is 0.0598. The summed E-state index contributed by atoms with van der Waals surface area (Å²) in [6, 6.07) is 22.8. The Morgan fingerprint density at radius 2 is 1.54 bits per heavy atom. The molecule has 1 N–H and O–H groups in total. The fraction of sp³-hybridized carbons (Fsp3) is 0.292. The average Bonchev–Trinajstić information content (AvgIpc) is 2.73. The van der Waals surface area contributed by atoms with Gasteiger partial charge in [-0.2, -0.15) is 0 Å². The average molecular weight is 374 g/mol. The second-order valence-electron chi connectivity index (χ2n) is 7.51. The number of carbonyl (C=O) groups is 1. The third-order valence-corrected chi connectivity index (χ3v) is 5.54. The molecule has 1 heterocycles. The van der Waals surface area contributed by atoms with Crippen LogP contribution in [0.1, 0.15) is 11.1 Å². The molecule has 3 aromatic carbocycles. The SMILES string of the molecule is CN1CCN(c2ccccc2CNC(=O)Cc2cccc3ccccc23)CC1. The molecule has 1 saturated heterocycles. The molecule has 3 aromatic rings. The fourth-order valence-corrected chi connectivity index (χ4v) is 3.89. The number of benzene rings is 3. The zero-order valence-corrected chi connectivity index (χ0v) is 16.4. The lowest BCUT2D eigenvalue weighted by Gasteiger charge is -2.35. The van der Waals surface area contributed by atoms with E-state index in [0.29, 0.717) is 13.0 Å². The smallest absolute Gasteiger partial charge is 0.224 e. The highest BCUT2D eigenvalue weighted by Gasteiger charge is 2.17. The second-order valence-corrected chi connectivity index (χ2v) is 7.51. The fourth-order valence-electron chi connectivity index (χ4n) is 3.89. The van der Waals surface area contributed by atoms with Crippen molar-refractivity contribution >= 4 is 22.4 Å². The summed E-state index contributed by atoms with van der Waals surface area (Å²) in [6.07, 6.45) is 0.401. The first-order chi connectivity index (χ1) is 13.7. The molecule has 0 saturated carbocycles. The van der Waals surface area contributed by atoms with E-state index in [9.17, 15) is 4.79 Å². The van der Waals surface area contributed by atoms with Crippen molar-refractivity contribution in [2.75, 3.05) is 38.1 Å². The molecular weight excluding hydrogens is 346 g/mol. The van der Waals surface area contributed by atoms with Gasteiger partial charge in [-0.3, -0.25) is 4.79 Å². The van der Waals surface area contributed by atoms with Crippen molar-refractivity contribution in [1.29, 1.82) is 0 Å². The van der Waals surface area contributed by atoms with Gasteiger partial charge in [0.05, 0.1) is 6.42 Å². The van der Waals surface area contributed by atoms with E-state index in [-0.39, 0.29) is 5.91 Å². The minimum atomic E-state index is 0.0598. The maximum absolute atomic E-state index is 12.6. The van der Waals surface area contributed by atoms with E-state index < -0.39 is 0 Å². The second kappa shape index (κ2) is 8.44. The molecule has 1 aliphatic heterocycles. The van der Waals surface area contributed by atoms with E-state index in [4.69, 9.17) is 0 Å². The van der Waals surface area contributed by atoms with Crippen molar-refractivity contribution in [1.82, 2.24) is 10.2 Å². The van der Waals surface area contributed by atoms with Crippen LogP contribution in [0.4, 0.5) is 5.69 Å². The van der Waals surface area contributed by atoms with E-state index in [1.165, 1.54) is 16.6 Å². The first-order valence-corrected chi connectivity index (χ1v) is 9.95. The summed E-state index contributed by atoms with van der Waals surface area (Å²) in [5, 5.41) is 5.45. The van der Waals surface area contributed by atoms with E-state index in [2.05, 4.69) is 58.6 Å². The number of anilines is 1. The van der Waals surface area contributed by atoms with Crippen LogP contribution in [0.3, 0.4) is 0 Å². The van der Waals surface area contributed by atoms with Gasteiger partial charge in [0.1, 0.15) is 0 Å². The maximum Gasteiger partial charge on any atom is 0.224 e. The number of carbonyl (C=O) groups excluding carboxylic acids is 1. The number of likely N-dealkylation sites (N-methyl/N-ethyl adjacent to an activating group) is 1. The predicted molar refractivity (Wildman–Crippen MR) is 116 cm³/mol. The first kappa shape index (κ1) is 18.5. The summed E-state index contributed by atoms with van der Waals surface area (Å²) in [7, 11) is 2.16. The van der Waals surface area contributed by atoms with Crippen LogP contribution in [-0.2, 0) is 17.8 Å². The quantitative estimate of drug-likeness (QED) is 0.744. The Hall–Kier alpha value is -2.85. The van der Waals surface area contributed by atoms with Crippen LogP contribution in [-0.4, -0.2) is 44.0 Å². The van der Waals surface area contributed by atoms with Crippen molar-refractivity contribution in [3.8, 4) is 0 Å². The number of para-hydroxylation sites is 1. The Labute approximate surface area is 166 Å². The van der Waals surface area contributed by atoms with Crippen molar-refractivity contribution in [2.24, 2.45) is 0 Å². The van der Waals surface area contributed by atoms with Gasteiger partial charge in [0.15, 0.2) is 0 Å². The summed E-state index contributed by atoms with van der Waals surface area (Å²) < 4.78 is 0. The van der Waals surface area contributed by atoms with Crippen molar-refractivity contribution in [3.63, 3.8) is 0 Å². The predicted octanol–water partition coefficient (Wildman–Crippen LogP) is 3.45. The maximum atomic E-state index is 12.6. The van der Waals surface area contributed by atoms with E-state index in [1.807, 2.05) is 30.3 Å². The van der Waals surface area contributed by atoms with Gasteiger partial charge in [0.2, 0.25) is 5.91 Å². The van der Waals surface area contributed by atoms with E-state index in [1.54, 1.807) is 0 Å². The van der Waals surface area contributed by atoms with Crippen LogP contribution >= 0.6 is 0 Å². The van der Waals surface area contributed by atoms with E-state index >= 15 is 0 Å². The zero-order chi connectivity index (χ0) is 19.3. The molecule has 0 aromatic heterocycles. The van der Waals surface area contributed by atoms with Gasteiger partial charge in [-0.15, -0.1) is 0 Å². The number of hydrogen-bond acceptors (Lipinski definition) is 3. The van der Waals surface area contributed by atoms with Gasteiger partial charge >= 0.3 is 0 Å². The molecule has 0 spiro atoms. The molecule has 28 heavy (non-hydrogen) atoms. The lowest BCUT2D eigenvalue weighted by Crippen LogP contribution is -2.45. The van der Waals surface area contributed by atoms with E-state index in [0.717, 1.165) is 37.1 Å². The van der Waals surface area contributed by atoms with Crippen LogP contribution in [0.25, 0.3) is 10.8 Å². The highest BCUT2D eigenvalue weighted by atomic mass is 16.1. The molecule has 1 amide bonds. The van der Waals surface area contributed by atoms with Gasteiger partial charge in [0, 0.05) is 38.4 Å². The minimum absolute atomic E-state index is 0.0598. The number of amides is 1. The molecule has 4 nitrogen and oxygen atoms in total. The highest BCUT2D eigenvalue weighted by Crippen LogP contribution is 2.22. The summed E-state index contributed by atoms with van der Waals surface area (Å²) in [6.45, 7) is 4.75. The lowest BCUT2D eigenvalue weighted by molar-refractivity contribution is -0.120. The van der Waals surface area contributed by atoms with Crippen LogP contribution in [0.2, 0.25) is 0 Å². The summed E-state index contributed by atoms with van der Waals surface area (Å²) >= 11 is 0. The van der Waals surface area contributed by atoms with Crippen LogP contribution < -0.4 is 10.2 Å². The number of nitrogens with one attached hydrogen (secondary N) is 1. The highest BCUT2D eigenvalue weighted by molar-refractivity contribution is 5.90. The minimum Gasteiger partial charge on any atom is -0.369 e. The Balaban J connectivity index is 1.43. The molecular formula is C24H27N3O. The molecule has 0 unspecified atom stereocenters. The molecule has 0 radical (unpaired) electrons. The van der Waals surface area contributed by atoms with Gasteiger partial charge in [-0.1, -0.05) is 60.7 Å². The topological polar surface area (TPSA) is 35.6 Å². The third-order valence-electron chi connectivity index (χ3n) is 5.54. The monoisotopic (exact) mass is 373 g/mol. The number of rotatable bonds is 5. The Kier molecular flexibility index (Phi) is 5.58. The Bertz CT molecular complexity index is 955. The molecule has 0 aliphatic carbocycles. The molecule has 4 rings (SSSR count). The largest absolute Gasteiger partial charge is 0.369 e. The molecule has 0 atom stereocenters. The van der Waals surface area contributed by atoms with Gasteiger partial charge in [-0.05, 0) is 35.0 Å². The zero-order valence-electron chi connectivity index (χ0n) is 16.4. The number of piperazine rings is 1. The number of nitrogens with zero attached hydrogens (tertiary/aromatic N) is 2. The van der Waals surface area contributed by atoms with Crippen molar-refractivity contribution in [3.05, 3.63) is 77.9 Å². The van der Waals surface area contributed by atoms with Crippen molar-refractivity contribution in [2.45, 2.75) is 13.0 Å². The van der Waals surface area contributed by atoms with Crippen LogP contribution in [0, 0.1) is 0 Å². The molecule has 1 fully saturated rings. The molecule has 144 valence electrons. The third kappa shape index (κ3) is 4.18. The lowest BCUT2D eigenvalue weighted by atomic mass is 10.0. The normalized spacial score (nSPS) is 15.0. The standard InChI is InChI=1S/C24H27N3O/c1-26-13-15-27(16-14-26)23-12-5-3-8-21(23)18-25-24(28)17-20-10-6-9-19-7-2-4-11-22(19)20/h2-12H,13-18H2,1H3,(H,25,28). The van der Waals surface area contributed by atoms with Crippen LogP contribution in [0.5, 0.6) is 0 Å². The molecule has 1 aliphatic rings. The summed E-state index contributed by atoms with van der Waals surface area (Å²) in [5.41, 5.74) is 3.49. The van der Waals surface area contributed by atoms with Crippen LogP contribution in [0.15, 0.2) is 66.7 Å². The van der Waals surface area contributed by atoms with Crippen molar-refractivity contribution < 1.29 is 4.79 Å². The van der Waals surface area contributed by atoms with Gasteiger partial charge in [-0.25, -0.2) is 0 Å². The first-order valence-electron chi connectivity index (χ1n) is 9.95. The van der Waals surface area contributed by atoms with Gasteiger partial charge < -0.3 is 15.1 Å². The Morgan fingerprint density at radius 3 is 2.39 bits per heavy atom. The molecule has 4 heteroatoms. The van der Waals surface area contributed by atoms with Gasteiger partial charge in [0.25, 0.3) is 0 Å².